The van der Waals surface area contributed by atoms with Crippen LogP contribution in [0.5, 0.6) is 5.75 Å². The number of benzene rings is 1. The topological polar surface area (TPSA) is 128 Å². The Labute approximate surface area is 235 Å². The highest BCUT2D eigenvalue weighted by molar-refractivity contribution is 7.90. The van der Waals surface area contributed by atoms with Gasteiger partial charge in [-0.3, -0.25) is 4.79 Å². The molecule has 40 heavy (non-hydrogen) atoms. The van der Waals surface area contributed by atoms with Gasteiger partial charge in [0.1, 0.15) is 23.2 Å². The summed E-state index contributed by atoms with van der Waals surface area (Å²) < 4.78 is 48.3. The van der Waals surface area contributed by atoms with Gasteiger partial charge in [-0.2, -0.15) is 8.42 Å². The second-order valence-electron chi connectivity index (χ2n) is 11.3. The van der Waals surface area contributed by atoms with Crippen molar-refractivity contribution in [2.45, 2.75) is 58.0 Å². The maximum atomic E-state index is 14.6. The summed E-state index contributed by atoms with van der Waals surface area (Å²) in [5.74, 6) is 0.0980. The first-order chi connectivity index (χ1) is 18.7. The van der Waals surface area contributed by atoms with Crippen molar-refractivity contribution in [1.29, 1.82) is 0 Å². The van der Waals surface area contributed by atoms with Crippen LogP contribution in [0.3, 0.4) is 0 Å². The van der Waals surface area contributed by atoms with Crippen molar-refractivity contribution in [2.75, 3.05) is 23.8 Å². The molecule has 2 aromatic heterocycles. The van der Waals surface area contributed by atoms with Gasteiger partial charge in [-0.25, -0.2) is 19.1 Å². The van der Waals surface area contributed by atoms with Crippen LogP contribution in [-0.2, 0) is 10.0 Å². The minimum absolute atomic E-state index is 0.0121. The van der Waals surface area contributed by atoms with Crippen LogP contribution in [0.25, 0.3) is 11.3 Å². The van der Waals surface area contributed by atoms with E-state index in [-0.39, 0.29) is 27.9 Å². The Morgan fingerprint density at radius 3 is 2.62 bits per heavy atom. The van der Waals surface area contributed by atoms with Crippen molar-refractivity contribution >= 4 is 27.6 Å². The lowest BCUT2D eigenvalue weighted by atomic mass is 9.83. The molecule has 1 saturated heterocycles. The average Bonchev–Trinajstić information content (AvgIpc) is 2.86. The first-order valence-electron chi connectivity index (χ1n) is 13.3. The van der Waals surface area contributed by atoms with Crippen LogP contribution < -0.4 is 20.1 Å². The number of carbonyl (C=O) groups excluding carboxylic acids is 1. The molecule has 214 valence electrons. The number of nitrogens with one attached hydrogen (secondary N) is 1. The number of nitrogens with zero attached hydrogens (tertiary/aromatic N) is 3. The van der Waals surface area contributed by atoms with E-state index in [2.05, 4.69) is 30.5 Å². The van der Waals surface area contributed by atoms with E-state index in [9.17, 15) is 17.6 Å². The molecule has 0 aliphatic carbocycles. The number of carbonyl (C=O) groups is 1. The van der Waals surface area contributed by atoms with Gasteiger partial charge in [-0.1, -0.05) is 26.8 Å². The Balaban J connectivity index is 1.77. The molecular weight excluding hydrogens is 533 g/mol. The molecule has 3 aromatic rings. The van der Waals surface area contributed by atoms with Crippen molar-refractivity contribution in [3.63, 3.8) is 0 Å². The third kappa shape index (κ3) is 6.70. The van der Waals surface area contributed by atoms with E-state index in [1.54, 1.807) is 12.1 Å². The van der Waals surface area contributed by atoms with Crippen LogP contribution >= 0.6 is 0 Å². The van der Waals surface area contributed by atoms with Gasteiger partial charge in [0.05, 0.1) is 17.9 Å². The van der Waals surface area contributed by atoms with E-state index in [0.29, 0.717) is 41.9 Å². The summed E-state index contributed by atoms with van der Waals surface area (Å²) in [6.07, 6.45) is 1.72. The number of nitrogen functional groups attached to an aromatic ring is 1. The lowest BCUT2D eigenvalue weighted by Gasteiger charge is -2.46. The molecule has 1 aliphatic heterocycles. The molecule has 1 aromatic carbocycles. The number of rotatable bonds is 8. The van der Waals surface area contributed by atoms with Crippen LogP contribution in [-0.4, -0.2) is 43.0 Å². The van der Waals surface area contributed by atoms with Crippen molar-refractivity contribution < 1.29 is 22.3 Å². The number of hydrogen-bond acceptors (Lipinski definition) is 8. The fourth-order valence-electron chi connectivity index (χ4n) is 4.97. The first-order valence-corrected chi connectivity index (χ1v) is 14.8. The van der Waals surface area contributed by atoms with Crippen LogP contribution in [0.2, 0.25) is 0 Å². The van der Waals surface area contributed by atoms with Gasteiger partial charge in [-0.15, -0.1) is 0 Å². The SMILES string of the molecule is CC(C)COc1cc(F)cc(-c2ccc(C(=O)NS(=O)(=O)c3cccc(N)n3)c(N3CCC(C)CC3(C)C)n2)c1. The standard InChI is InChI=1S/C29H36FN5O4S/c1-18(2)17-39-22-14-20(13-21(30)15-22)24-10-9-23(27(32-24)35-12-11-19(3)16-29(35,4)5)28(36)34-40(37,38)26-8-6-7-25(31)33-26/h6-10,13-15,18-19H,11-12,16-17H2,1-5H3,(H2,31,33)(H,34,36). The number of ether oxygens (including phenoxy) is 1. The molecule has 0 radical (unpaired) electrons. The zero-order valence-corrected chi connectivity index (χ0v) is 24.3. The molecule has 11 heteroatoms. The fraction of sp³-hybridized carbons (Fsp3) is 0.414. The van der Waals surface area contributed by atoms with E-state index >= 15 is 0 Å². The number of aromatic nitrogens is 2. The van der Waals surface area contributed by atoms with E-state index in [1.165, 1.54) is 36.4 Å². The molecule has 1 amide bonds. The Morgan fingerprint density at radius 2 is 1.95 bits per heavy atom. The Morgan fingerprint density at radius 1 is 1.20 bits per heavy atom. The first kappa shape index (κ1) is 29.3. The normalized spacial score (nSPS) is 17.1. The van der Waals surface area contributed by atoms with Gasteiger partial charge in [0.2, 0.25) is 0 Å². The fourth-order valence-corrected chi connectivity index (χ4v) is 5.91. The third-order valence-electron chi connectivity index (χ3n) is 6.80. The van der Waals surface area contributed by atoms with Crippen LogP contribution in [0.1, 0.15) is 57.8 Å². The number of sulfonamides is 1. The Kier molecular flexibility index (Phi) is 8.34. The number of halogens is 1. The summed E-state index contributed by atoms with van der Waals surface area (Å²) >= 11 is 0. The number of anilines is 2. The second kappa shape index (κ2) is 11.4. The Bertz CT molecular complexity index is 1510. The molecule has 1 aliphatic rings. The molecule has 3 heterocycles. The highest BCUT2D eigenvalue weighted by atomic mass is 32.2. The van der Waals surface area contributed by atoms with E-state index < -0.39 is 21.7 Å². The lowest BCUT2D eigenvalue weighted by Crippen LogP contribution is -2.51. The van der Waals surface area contributed by atoms with E-state index in [4.69, 9.17) is 15.5 Å². The smallest absolute Gasteiger partial charge is 0.281 e. The van der Waals surface area contributed by atoms with Gasteiger partial charge in [0.25, 0.3) is 15.9 Å². The summed E-state index contributed by atoms with van der Waals surface area (Å²) in [5.41, 5.74) is 6.25. The summed E-state index contributed by atoms with van der Waals surface area (Å²) in [5, 5.41) is -0.368. The predicted molar refractivity (Wildman–Crippen MR) is 153 cm³/mol. The minimum atomic E-state index is -4.31. The van der Waals surface area contributed by atoms with Crippen LogP contribution in [0.4, 0.5) is 16.0 Å². The quantitative estimate of drug-likeness (QED) is 0.387. The monoisotopic (exact) mass is 569 g/mol. The predicted octanol–water partition coefficient (Wildman–Crippen LogP) is 5.03. The average molecular weight is 570 g/mol. The number of nitrogens with two attached hydrogens (primary N) is 1. The van der Waals surface area contributed by atoms with Crippen molar-refractivity contribution in [3.8, 4) is 17.0 Å². The molecule has 1 atom stereocenters. The van der Waals surface area contributed by atoms with E-state index in [1.807, 2.05) is 18.7 Å². The summed E-state index contributed by atoms with van der Waals surface area (Å²) in [6.45, 7) is 11.3. The molecule has 0 spiro atoms. The number of hydrogen-bond donors (Lipinski definition) is 2. The molecular formula is C29H36FN5O4S. The van der Waals surface area contributed by atoms with Crippen LogP contribution in [0, 0.1) is 17.7 Å². The minimum Gasteiger partial charge on any atom is -0.493 e. The molecule has 0 saturated carbocycles. The lowest BCUT2D eigenvalue weighted by molar-refractivity contribution is 0.0981. The molecule has 1 fully saturated rings. The van der Waals surface area contributed by atoms with E-state index in [0.717, 1.165) is 12.8 Å². The summed E-state index contributed by atoms with van der Waals surface area (Å²) in [7, 11) is -4.31. The maximum absolute atomic E-state index is 14.6. The number of pyridine rings is 2. The molecule has 3 N–H and O–H groups in total. The van der Waals surface area contributed by atoms with Gasteiger partial charge in [0, 0.05) is 23.7 Å². The number of amides is 1. The van der Waals surface area contributed by atoms with Gasteiger partial charge in [-0.05, 0) is 74.9 Å². The van der Waals surface area contributed by atoms with Crippen molar-refractivity contribution in [1.82, 2.24) is 14.7 Å². The highest BCUT2D eigenvalue weighted by Gasteiger charge is 2.36. The molecule has 9 nitrogen and oxygen atoms in total. The van der Waals surface area contributed by atoms with Crippen LogP contribution in [0.15, 0.2) is 53.6 Å². The molecule has 1 unspecified atom stereocenters. The molecule has 4 rings (SSSR count). The molecule has 0 bridgehead atoms. The van der Waals surface area contributed by atoms with Crippen molar-refractivity contribution in [3.05, 3.63) is 59.9 Å². The second-order valence-corrected chi connectivity index (χ2v) is 13.0. The number of piperidine rings is 1. The van der Waals surface area contributed by atoms with Gasteiger partial charge < -0.3 is 15.4 Å². The Hall–Kier alpha value is -3.73. The van der Waals surface area contributed by atoms with Gasteiger partial charge in [0.15, 0.2) is 5.03 Å². The third-order valence-corrected chi connectivity index (χ3v) is 8.03. The summed E-state index contributed by atoms with van der Waals surface area (Å²) in [4.78, 5) is 24.1. The zero-order valence-electron chi connectivity index (χ0n) is 23.4. The summed E-state index contributed by atoms with van der Waals surface area (Å²) in [6, 6.07) is 11.6. The highest BCUT2D eigenvalue weighted by Crippen LogP contribution is 2.37. The zero-order chi connectivity index (χ0) is 29.2. The van der Waals surface area contributed by atoms with Crippen molar-refractivity contribution in [2.24, 2.45) is 11.8 Å². The maximum Gasteiger partial charge on any atom is 0.281 e. The largest absolute Gasteiger partial charge is 0.493 e. The van der Waals surface area contributed by atoms with Gasteiger partial charge >= 0.3 is 0 Å².